The van der Waals surface area contributed by atoms with E-state index in [1.54, 1.807) is 24.3 Å². The second-order valence-corrected chi connectivity index (χ2v) is 6.40. The third kappa shape index (κ3) is 3.82. The number of benzene rings is 2. The third-order valence-corrected chi connectivity index (χ3v) is 4.69. The highest BCUT2D eigenvalue weighted by molar-refractivity contribution is 6.20. The first-order valence-electron chi connectivity index (χ1n) is 8.89. The fraction of sp³-hybridized carbons (Fsp3) is 0.286. The molecule has 3 amide bonds. The fourth-order valence-electron chi connectivity index (χ4n) is 3.19. The van der Waals surface area contributed by atoms with E-state index in [1.165, 1.54) is 5.56 Å². The first-order chi connectivity index (χ1) is 12.6. The highest BCUT2D eigenvalue weighted by atomic mass is 16.2. The Morgan fingerprint density at radius 2 is 1.73 bits per heavy atom. The SMILES string of the molecule is CCC(CNC(=O)c1cccc(N2C(=O)CCC2=O)c1)c1ccccc1. The topological polar surface area (TPSA) is 66.5 Å². The quantitative estimate of drug-likeness (QED) is 0.813. The maximum absolute atomic E-state index is 12.5. The standard InChI is InChI=1S/C21H22N2O3/c1-2-15(16-7-4-3-5-8-16)14-22-21(26)17-9-6-10-18(13-17)23-19(24)11-12-20(23)25/h3-10,13,15H,2,11-12,14H2,1H3,(H,22,26). The molecule has 26 heavy (non-hydrogen) atoms. The average Bonchev–Trinajstić information content (AvgIpc) is 3.01. The molecule has 0 spiro atoms. The molecule has 0 aliphatic carbocycles. The number of nitrogens with one attached hydrogen (secondary N) is 1. The monoisotopic (exact) mass is 350 g/mol. The predicted molar refractivity (Wildman–Crippen MR) is 100.0 cm³/mol. The summed E-state index contributed by atoms with van der Waals surface area (Å²) in [5.41, 5.74) is 2.09. The van der Waals surface area contributed by atoms with Gasteiger partial charge in [-0.2, -0.15) is 0 Å². The second-order valence-electron chi connectivity index (χ2n) is 6.40. The largest absolute Gasteiger partial charge is 0.351 e. The number of carbonyl (C=O) groups is 3. The number of anilines is 1. The van der Waals surface area contributed by atoms with Crippen LogP contribution in [0.1, 0.15) is 48.0 Å². The van der Waals surface area contributed by atoms with Gasteiger partial charge in [0.1, 0.15) is 0 Å². The summed E-state index contributed by atoms with van der Waals surface area (Å²) < 4.78 is 0. The van der Waals surface area contributed by atoms with Gasteiger partial charge in [-0.1, -0.05) is 43.3 Å². The maximum Gasteiger partial charge on any atom is 0.251 e. The van der Waals surface area contributed by atoms with E-state index in [-0.39, 0.29) is 36.5 Å². The number of imide groups is 1. The lowest BCUT2D eigenvalue weighted by Gasteiger charge is -2.17. The van der Waals surface area contributed by atoms with Gasteiger partial charge < -0.3 is 5.32 Å². The van der Waals surface area contributed by atoms with Crippen LogP contribution in [0.15, 0.2) is 54.6 Å². The summed E-state index contributed by atoms with van der Waals surface area (Å²) in [6, 6.07) is 16.7. The number of rotatable bonds is 6. The zero-order valence-electron chi connectivity index (χ0n) is 14.8. The minimum absolute atomic E-state index is 0.208. The van der Waals surface area contributed by atoms with Gasteiger partial charge in [-0.25, -0.2) is 0 Å². The van der Waals surface area contributed by atoms with E-state index in [0.717, 1.165) is 11.3 Å². The molecule has 0 radical (unpaired) electrons. The molecule has 1 atom stereocenters. The molecule has 1 aliphatic heterocycles. The Morgan fingerprint density at radius 3 is 2.38 bits per heavy atom. The minimum atomic E-state index is -0.220. The van der Waals surface area contributed by atoms with Gasteiger partial charge in [-0.3, -0.25) is 19.3 Å². The van der Waals surface area contributed by atoms with Crippen LogP contribution in [-0.2, 0) is 9.59 Å². The number of nitrogens with zero attached hydrogens (tertiary/aromatic N) is 1. The van der Waals surface area contributed by atoms with Crippen LogP contribution in [0.5, 0.6) is 0 Å². The van der Waals surface area contributed by atoms with Gasteiger partial charge in [0.25, 0.3) is 5.91 Å². The Kier molecular flexibility index (Phi) is 5.46. The Hall–Kier alpha value is -2.95. The van der Waals surface area contributed by atoms with Gasteiger partial charge in [0.2, 0.25) is 11.8 Å². The zero-order chi connectivity index (χ0) is 18.5. The lowest BCUT2D eigenvalue weighted by molar-refractivity contribution is -0.121. The van der Waals surface area contributed by atoms with Crippen LogP contribution in [0.2, 0.25) is 0 Å². The molecule has 134 valence electrons. The van der Waals surface area contributed by atoms with E-state index in [1.807, 2.05) is 18.2 Å². The number of hydrogen-bond acceptors (Lipinski definition) is 3. The summed E-state index contributed by atoms with van der Waals surface area (Å²) >= 11 is 0. The summed E-state index contributed by atoms with van der Waals surface area (Å²) in [4.78, 5) is 37.5. The summed E-state index contributed by atoms with van der Waals surface area (Å²) in [5, 5.41) is 2.96. The van der Waals surface area contributed by atoms with Crippen molar-refractivity contribution in [2.75, 3.05) is 11.4 Å². The van der Waals surface area contributed by atoms with Gasteiger partial charge in [0.05, 0.1) is 5.69 Å². The highest BCUT2D eigenvalue weighted by Crippen LogP contribution is 2.23. The number of carbonyl (C=O) groups excluding carboxylic acids is 3. The van der Waals surface area contributed by atoms with Gasteiger partial charge in [-0.05, 0) is 30.2 Å². The molecule has 1 heterocycles. The molecule has 2 aromatic rings. The molecule has 1 saturated heterocycles. The molecule has 5 nitrogen and oxygen atoms in total. The van der Waals surface area contributed by atoms with Crippen LogP contribution >= 0.6 is 0 Å². The molecule has 1 unspecified atom stereocenters. The molecule has 0 aromatic heterocycles. The summed E-state index contributed by atoms with van der Waals surface area (Å²) in [6.07, 6.45) is 1.37. The molecule has 1 N–H and O–H groups in total. The van der Waals surface area contributed by atoms with Gasteiger partial charge in [0, 0.05) is 30.9 Å². The molecule has 0 bridgehead atoms. The van der Waals surface area contributed by atoms with E-state index in [4.69, 9.17) is 0 Å². The number of amides is 3. The second kappa shape index (κ2) is 7.95. The third-order valence-electron chi connectivity index (χ3n) is 4.69. The van der Waals surface area contributed by atoms with Crippen LogP contribution in [0.25, 0.3) is 0 Å². The van der Waals surface area contributed by atoms with Crippen molar-refractivity contribution in [3.05, 3.63) is 65.7 Å². The van der Waals surface area contributed by atoms with Crippen molar-refractivity contribution >= 4 is 23.4 Å². The molecule has 2 aromatic carbocycles. The minimum Gasteiger partial charge on any atom is -0.351 e. The van der Waals surface area contributed by atoms with Gasteiger partial charge in [0.15, 0.2) is 0 Å². The van der Waals surface area contributed by atoms with Crippen LogP contribution in [-0.4, -0.2) is 24.3 Å². The van der Waals surface area contributed by atoms with E-state index in [0.29, 0.717) is 17.8 Å². The lowest BCUT2D eigenvalue weighted by Crippen LogP contribution is -2.30. The molecular weight excluding hydrogens is 328 g/mol. The van der Waals surface area contributed by atoms with Crippen LogP contribution in [0, 0.1) is 0 Å². The Bertz CT molecular complexity index is 801. The van der Waals surface area contributed by atoms with Crippen LogP contribution < -0.4 is 10.2 Å². The highest BCUT2D eigenvalue weighted by Gasteiger charge is 2.30. The first kappa shape index (κ1) is 17.9. The molecule has 1 fully saturated rings. The molecule has 0 saturated carbocycles. The van der Waals surface area contributed by atoms with E-state index < -0.39 is 0 Å². The maximum atomic E-state index is 12.5. The van der Waals surface area contributed by atoms with Crippen LogP contribution in [0.4, 0.5) is 5.69 Å². The van der Waals surface area contributed by atoms with Crippen molar-refractivity contribution in [3.8, 4) is 0 Å². The summed E-state index contributed by atoms with van der Waals surface area (Å²) in [5.74, 6) is -0.407. The smallest absolute Gasteiger partial charge is 0.251 e. The molecule has 5 heteroatoms. The van der Waals surface area contributed by atoms with Crippen molar-refractivity contribution < 1.29 is 14.4 Å². The van der Waals surface area contributed by atoms with Crippen LogP contribution in [0.3, 0.4) is 0 Å². The summed E-state index contributed by atoms with van der Waals surface area (Å²) in [6.45, 7) is 2.63. The Labute approximate surface area is 153 Å². The Balaban J connectivity index is 1.69. The zero-order valence-corrected chi connectivity index (χ0v) is 14.8. The van der Waals surface area contributed by atoms with Gasteiger partial charge in [-0.15, -0.1) is 0 Å². The van der Waals surface area contributed by atoms with Crippen molar-refractivity contribution in [2.24, 2.45) is 0 Å². The van der Waals surface area contributed by atoms with Crippen molar-refractivity contribution in [1.29, 1.82) is 0 Å². The van der Waals surface area contributed by atoms with Crippen molar-refractivity contribution in [3.63, 3.8) is 0 Å². The lowest BCUT2D eigenvalue weighted by atomic mass is 9.96. The van der Waals surface area contributed by atoms with Gasteiger partial charge >= 0.3 is 0 Å². The molecule has 3 rings (SSSR count). The fourth-order valence-corrected chi connectivity index (χ4v) is 3.19. The molecule has 1 aliphatic rings. The molecular formula is C21H22N2O3. The van der Waals surface area contributed by atoms with Crippen molar-refractivity contribution in [2.45, 2.75) is 32.1 Å². The van der Waals surface area contributed by atoms with E-state index >= 15 is 0 Å². The predicted octanol–water partition coefficient (Wildman–Crippen LogP) is 3.26. The van der Waals surface area contributed by atoms with Crippen molar-refractivity contribution in [1.82, 2.24) is 5.32 Å². The number of hydrogen-bond donors (Lipinski definition) is 1. The first-order valence-corrected chi connectivity index (χ1v) is 8.89. The van der Waals surface area contributed by atoms with E-state index in [2.05, 4.69) is 24.4 Å². The van der Waals surface area contributed by atoms with E-state index in [9.17, 15) is 14.4 Å². The normalized spacial score (nSPS) is 15.2. The Morgan fingerprint density at radius 1 is 1.04 bits per heavy atom. The summed E-state index contributed by atoms with van der Waals surface area (Å²) in [7, 11) is 0. The average molecular weight is 350 g/mol.